The number of pyridine rings is 2. The van der Waals surface area contributed by atoms with Gasteiger partial charge in [-0.15, -0.1) is 0 Å². The quantitative estimate of drug-likeness (QED) is 0.378. The Labute approximate surface area is 205 Å². The summed E-state index contributed by atoms with van der Waals surface area (Å²) in [5.41, 5.74) is 0.613. The predicted molar refractivity (Wildman–Crippen MR) is 124 cm³/mol. The number of aromatic nitrogens is 2. The number of hydrogen-bond donors (Lipinski definition) is 2. The van der Waals surface area contributed by atoms with Gasteiger partial charge in [-0.3, -0.25) is 9.69 Å². The van der Waals surface area contributed by atoms with Crippen molar-refractivity contribution in [2.45, 2.75) is 37.8 Å². The Balaban J connectivity index is 1.39. The van der Waals surface area contributed by atoms with Crippen LogP contribution in [0, 0.1) is 11.0 Å². The van der Waals surface area contributed by atoms with Crippen LogP contribution < -0.4 is 14.8 Å². The van der Waals surface area contributed by atoms with Gasteiger partial charge in [-0.2, -0.15) is 4.73 Å². The molecule has 1 aliphatic rings. The Morgan fingerprint density at radius 1 is 1.31 bits per heavy atom. The summed E-state index contributed by atoms with van der Waals surface area (Å²) in [5.74, 6) is -4.20. The third-order valence-electron chi connectivity index (χ3n) is 6.22. The Bertz CT molecular complexity index is 1210. The van der Waals surface area contributed by atoms with Gasteiger partial charge in [0.25, 0.3) is 5.92 Å². The van der Waals surface area contributed by atoms with E-state index in [2.05, 4.69) is 10.3 Å². The number of alkyl halides is 2. The lowest BCUT2D eigenvalue weighted by atomic mass is 9.87. The second-order valence-corrected chi connectivity index (χ2v) is 8.61. The number of piperidine rings is 1. The number of anilines is 1. The molecular weight excluding hydrogens is 477 g/mol. The van der Waals surface area contributed by atoms with E-state index in [1.165, 1.54) is 48.9 Å². The molecule has 0 radical (unpaired) electrons. The zero-order valence-corrected chi connectivity index (χ0v) is 19.4. The largest absolute Gasteiger partial charge is 0.619 e. The summed E-state index contributed by atoms with van der Waals surface area (Å²) in [7, 11) is 0. The van der Waals surface area contributed by atoms with Crippen LogP contribution in [-0.2, 0) is 11.4 Å². The average molecular weight is 502 g/mol. The molecule has 0 saturated carbocycles. The van der Waals surface area contributed by atoms with Crippen LogP contribution in [0.15, 0.2) is 61.1 Å². The normalized spacial score (nSPS) is 18.4. The molecule has 0 bridgehead atoms. The fourth-order valence-electron chi connectivity index (χ4n) is 4.09. The van der Waals surface area contributed by atoms with Crippen molar-refractivity contribution in [3.63, 3.8) is 0 Å². The molecule has 4 rings (SSSR count). The van der Waals surface area contributed by atoms with Crippen molar-refractivity contribution >= 4 is 11.7 Å². The molecule has 3 aromatic rings. The van der Waals surface area contributed by atoms with Gasteiger partial charge in [-0.1, -0.05) is 0 Å². The molecule has 1 unspecified atom stereocenters. The first kappa shape index (κ1) is 25.4. The number of aliphatic hydroxyl groups excluding tert-OH is 1. The van der Waals surface area contributed by atoms with Crippen molar-refractivity contribution in [1.29, 1.82) is 0 Å². The van der Waals surface area contributed by atoms with E-state index >= 15 is 0 Å². The molecule has 1 aromatic carbocycles. The van der Waals surface area contributed by atoms with Crippen LogP contribution in [-0.4, -0.2) is 46.0 Å². The van der Waals surface area contributed by atoms with E-state index in [1.54, 1.807) is 17.9 Å². The van der Waals surface area contributed by atoms with Gasteiger partial charge in [0.1, 0.15) is 23.1 Å². The number of rotatable bonds is 7. The van der Waals surface area contributed by atoms with Gasteiger partial charge in [0, 0.05) is 37.2 Å². The predicted octanol–water partition coefficient (Wildman–Crippen LogP) is 3.59. The minimum absolute atomic E-state index is 0.0392. The lowest BCUT2D eigenvalue weighted by molar-refractivity contribution is -0.605. The highest BCUT2D eigenvalue weighted by molar-refractivity contribution is 5.93. The summed E-state index contributed by atoms with van der Waals surface area (Å²) in [6, 6.07) is 8.87. The molecule has 1 amide bonds. The van der Waals surface area contributed by atoms with Gasteiger partial charge in [0.15, 0.2) is 12.4 Å². The molecule has 1 saturated heterocycles. The summed E-state index contributed by atoms with van der Waals surface area (Å²) in [6.07, 6.45) is 3.31. The first-order valence-corrected chi connectivity index (χ1v) is 11.3. The number of carbonyl (C=O) groups excluding carboxylic acids is 1. The van der Waals surface area contributed by atoms with Crippen molar-refractivity contribution in [2.24, 2.45) is 0 Å². The summed E-state index contributed by atoms with van der Waals surface area (Å²) in [4.78, 5) is 18.7. The number of nitrogens with one attached hydrogen (secondary N) is 1. The van der Waals surface area contributed by atoms with Crippen molar-refractivity contribution in [1.82, 2.24) is 9.88 Å². The highest BCUT2D eigenvalue weighted by Gasteiger charge is 2.46. The van der Waals surface area contributed by atoms with Crippen LogP contribution in [0.5, 0.6) is 11.5 Å². The molecule has 0 spiro atoms. The molecule has 1 fully saturated rings. The topological polar surface area (TPSA) is 102 Å². The summed E-state index contributed by atoms with van der Waals surface area (Å²) >= 11 is 0. The summed E-state index contributed by atoms with van der Waals surface area (Å²) in [5, 5.41) is 23.3. The minimum atomic E-state index is -2.96. The molecule has 8 nitrogen and oxygen atoms in total. The van der Waals surface area contributed by atoms with Crippen molar-refractivity contribution in [3.8, 4) is 11.5 Å². The minimum Gasteiger partial charge on any atom is -0.619 e. The number of halogens is 3. The fourth-order valence-corrected chi connectivity index (χ4v) is 4.09. The summed E-state index contributed by atoms with van der Waals surface area (Å²) in [6.45, 7) is 1.22. The van der Waals surface area contributed by atoms with Crippen LogP contribution in [0.3, 0.4) is 0 Å². The van der Waals surface area contributed by atoms with Gasteiger partial charge in [0.2, 0.25) is 5.91 Å². The second kappa shape index (κ2) is 10.5. The third-order valence-corrected chi connectivity index (χ3v) is 6.22. The third kappa shape index (κ3) is 5.74. The maximum atomic E-state index is 14.6. The highest BCUT2D eigenvalue weighted by atomic mass is 19.3. The standard InChI is InChI=1S/C25H25F3N4O4/c1-16(31-11-8-25(27,28)21(14-31)17-6-9-32(35)10-7-17)24(34)30-23-5-3-20(13-29-23)36-22-4-2-19(26)12-18(22)15-33/h2-7,9-10,12-13,16,21,33H,8,11,14-15H2,1H3,(H,29,30,34)/t16?,21-/m1/s1. The first-order valence-electron chi connectivity index (χ1n) is 11.3. The Morgan fingerprint density at radius 2 is 2.06 bits per heavy atom. The molecule has 1 aliphatic heterocycles. The lowest BCUT2D eigenvalue weighted by Crippen LogP contribution is -2.52. The van der Waals surface area contributed by atoms with Crippen molar-refractivity contribution < 1.29 is 32.5 Å². The van der Waals surface area contributed by atoms with Gasteiger partial charge in [-0.05, 0) is 42.8 Å². The van der Waals surface area contributed by atoms with E-state index < -0.39 is 42.6 Å². The van der Waals surface area contributed by atoms with Crippen LogP contribution in [0.1, 0.15) is 30.4 Å². The number of carbonyl (C=O) groups is 1. The number of likely N-dealkylation sites (tertiary alicyclic amines) is 1. The first-order chi connectivity index (χ1) is 17.2. The van der Waals surface area contributed by atoms with E-state index in [0.717, 1.165) is 6.07 Å². The molecule has 190 valence electrons. The highest BCUT2D eigenvalue weighted by Crippen LogP contribution is 2.40. The number of nitrogens with zero attached hydrogens (tertiary/aromatic N) is 3. The monoisotopic (exact) mass is 502 g/mol. The van der Waals surface area contributed by atoms with Crippen LogP contribution in [0.2, 0.25) is 0 Å². The molecule has 2 N–H and O–H groups in total. The molecular formula is C25H25F3N4O4. The number of benzene rings is 1. The number of ether oxygens (including phenoxy) is 1. The Hall–Kier alpha value is -3.70. The number of amides is 1. The molecule has 0 aliphatic carbocycles. The van der Waals surface area contributed by atoms with Gasteiger partial charge < -0.3 is 20.4 Å². The summed E-state index contributed by atoms with van der Waals surface area (Å²) < 4.78 is 48.8. The van der Waals surface area contributed by atoms with E-state index in [-0.39, 0.29) is 30.2 Å². The van der Waals surface area contributed by atoms with E-state index in [9.17, 15) is 28.3 Å². The van der Waals surface area contributed by atoms with Crippen LogP contribution in [0.4, 0.5) is 19.0 Å². The smallest absolute Gasteiger partial charge is 0.257 e. The van der Waals surface area contributed by atoms with Gasteiger partial charge in [-0.25, -0.2) is 18.2 Å². The molecule has 2 aromatic heterocycles. The van der Waals surface area contributed by atoms with Gasteiger partial charge >= 0.3 is 0 Å². The second-order valence-electron chi connectivity index (χ2n) is 8.61. The lowest BCUT2D eigenvalue weighted by Gasteiger charge is -2.40. The van der Waals surface area contributed by atoms with Crippen molar-refractivity contribution in [3.05, 3.63) is 83.2 Å². The SMILES string of the molecule is CC(C(=O)Nc1ccc(Oc2ccc(F)cc2CO)cn1)N1CCC(F)(F)[C@@H](c2cc[n+]([O-])cc2)C1. The molecule has 36 heavy (non-hydrogen) atoms. The van der Waals surface area contributed by atoms with Crippen molar-refractivity contribution in [2.75, 3.05) is 18.4 Å². The molecule has 11 heteroatoms. The Morgan fingerprint density at radius 3 is 2.72 bits per heavy atom. The maximum Gasteiger partial charge on any atom is 0.257 e. The van der Waals surface area contributed by atoms with E-state index in [0.29, 0.717) is 16.0 Å². The maximum absolute atomic E-state index is 14.6. The zero-order valence-electron chi connectivity index (χ0n) is 19.4. The molecule has 2 atom stereocenters. The fraction of sp³-hybridized carbons (Fsp3) is 0.320. The Kier molecular flexibility index (Phi) is 7.41. The van der Waals surface area contributed by atoms with Crippen LogP contribution in [0.25, 0.3) is 0 Å². The van der Waals surface area contributed by atoms with Gasteiger partial charge in [0.05, 0.1) is 24.8 Å². The van der Waals surface area contributed by atoms with Crippen LogP contribution >= 0.6 is 0 Å². The molecule has 3 heterocycles. The van der Waals surface area contributed by atoms with E-state index in [4.69, 9.17) is 4.74 Å². The average Bonchev–Trinajstić information content (AvgIpc) is 2.86. The van der Waals surface area contributed by atoms with E-state index in [1.807, 2.05) is 0 Å². The number of hydrogen-bond acceptors (Lipinski definition) is 6. The zero-order chi connectivity index (χ0) is 25.9. The number of aliphatic hydroxyl groups is 1.